The standard InChI is InChI=1S/C19H22N2O4/c1-13-9-10-16(25-12-14-6-3-2-4-7-14)17(20-13)18(22)15-8-5-11-21(15)19(23)24/h2-4,6-7,9-10,15,18,22H,5,8,11-12H2,1H3,(H,23,24). The third-order valence-electron chi connectivity index (χ3n) is 4.45. The molecule has 0 saturated carbocycles. The molecule has 1 aromatic carbocycles. The van der Waals surface area contributed by atoms with Crippen LogP contribution in [0.1, 0.15) is 35.9 Å². The summed E-state index contributed by atoms with van der Waals surface area (Å²) < 4.78 is 5.87. The summed E-state index contributed by atoms with van der Waals surface area (Å²) in [5, 5.41) is 20.1. The summed E-state index contributed by atoms with van der Waals surface area (Å²) in [7, 11) is 0. The second-order valence-electron chi connectivity index (χ2n) is 6.24. The molecular weight excluding hydrogens is 320 g/mol. The predicted octanol–water partition coefficient (Wildman–Crippen LogP) is 3.14. The number of nitrogens with zero attached hydrogens (tertiary/aromatic N) is 2. The summed E-state index contributed by atoms with van der Waals surface area (Å²) in [4.78, 5) is 17.1. The van der Waals surface area contributed by atoms with E-state index in [-0.39, 0.29) is 0 Å². The largest absolute Gasteiger partial charge is 0.487 e. The molecule has 2 heterocycles. The van der Waals surface area contributed by atoms with Crippen molar-refractivity contribution in [3.8, 4) is 5.75 Å². The number of amides is 1. The van der Waals surface area contributed by atoms with E-state index in [0.717, 1.165) is 17.7 Å². The molecule has 1 aliphatic rings. The maximum atomic E-state index is 11.4. The monoisotopic (exact) mass is 342 g/mol. The van der Waals surface area contributed by atoms with E-state index < -0.39 is 18.2 Å². The number of rotatable bonds is 5. The van der Waals surface area contributed by atoms with Crippen LogP contribution in [-0.2, 0) is 6.61 Å². The van der Waals surface area contributed by atoms with Crippen molar-refractivity contribution in [2.24, 2.45) is 0 Å². The molecular formula is C19H22N2O4. The molecule has 0 bridgehead atoms. The van der Waals surface area contributed by atoms with Crippen LogP contribution in [0.4, 0.5) is 4.79 Å². The lowest BCUT2D eigenvalue weighted by molar-refractivity contribution is 0.0628. The van der Waals surface area contributed by atoms with Gasteiger partial charge in [-0.15, -0.1) is 0 Å². The zero-order valence-electron chi connectivity index (χ0n) is 14.1. The van der Waals surface area contributed by atoms with Gasteiger partial charge in [-0.25, -0.2) is 4.79 Å². The number of pyridine rings is 1. The zero-order chi connectivity index (χ0) is 17.8. The molecule has 1 saturated heterocycles. The van der Waals surface area contributed by atoms with Crippen molar-refractivity contribution in [1.82, 2.24) is 9.88 Å². The van der Waals surface area contributed by atoms with Crippen molar-refractivity contribution in [3.63, 3.8) is 0 Å². The molecule has 1 fully saturated rings. The Morgan fingerprint density at radius 1 is 1.32 bits per heavy atom. The van der Waals surface area contributed by atoms with Gasteiger partial charge in [0, 0.05) is 12.2 Å². The first-order chi connectivity index (χ1) is 12.1. The molecule has 6 heteroatoms. The second kappa shape index (κ2) is 7.53. The molecule has 2 aromatic rings. The van der Waals surface area contributed by atoms with Crippen LogP contribution in [-0.4, -0.2) is 38.8 Å². The van der Waals surface area contributed by atoms with E-state index in [1.807, 2.05) is 43.3 Å². The van der Waals surface area contributed by atoms with E-state index in [1.54, 1.807) is 6.07 Å². The number of hydrogen-bond donors (Lipinski definition) is 2. The average Bonchev–Trinajstić information content (AvgIpc) is 3.11. The van der Waals surface area contributed by atoms with E-state index in [9.17, 15) is 15.0 Å². The van der Waals surface area contributed by atoms with Gasteiger partial charge in [0.15, 0.2) is 0 Å². The predicted molar refractivity (Wildman–Crippen MR) is 92.5 cm³/mol. The number of aliphatic hydroxyl groups is 1. The topological polar surface area (TPSA) is 82.9 Å². The highest BCUT2D eigenvalue weighted by Crippen LogP contribution is 2.33. The van der Waals surface area contributed by atoms with Crippen LogP contribution in [0.15, 0.2) is 42.5 Å². The average molecular weight is 342 g/mol. The molecule has 132 valence electrons. The van der Waals surface area contributed by atoms with Gasteiger partial charge in [0.1, 0.15) is 24.2 Å². The van der Waals surface area contributed by atoms with Crippen LogP contribution < -0.4 is 4.74 Å². The summed E-state index contributed by atoms with van der Waals surface area (Å²) in [5.74, 6) is 0.485. The van der Waals surface area contributed by atoms with Gasteiger partial charge in [0.2, 0.25) is 0 Å². The number of aliphatic hydroxyl groups excluding tert-OH is 1. The highest BCUT2D eigenvalue weighted by atomic mass is 16.5. The van der Waals surface area contributed by atoms with Gasteiger partial charge in [-0.1, -0.05) is 30.3 Å². The summed E-state index contributed by atoms with van der Waals surface area (Å²) in [6.07, 6.45) is -0.674. The minimum Gasteiger partial charge on any atom is -0.487 e. The Bertz CT molecular complexity index is 735. The van der Waals surface area contributed by atoms with Gasteiger partial charge < -0.3 is 19.8 Å². The smallest absolute Gasteiger partial charge is 0.407 e. The maximum Gasteiger partial charge on any atom is 0.407 e. The lowest BCUT2D eigenvalue weighted by atomic mass is 10.0. The molecule has 1 aromatic heterocycles. The van der Waals surface area contributed by atoms with Gasteiger partial charge in [-0.3, -0.25) is 4.98 Å². The van der Waals surface area contributed by atoms with Crippen LogP contribution in [0.25, 0.3) is 0 Å². The fraction of sp³-hybridized carbons (Fsp3) is 0.368. The molecule has 0 radical (unpaired) electrons. The molecule has 3 rings (SSSR count). The Morgan fingerprint density at radius 3 is 2.80 bits per heavy atom. The normalized spacial score (nSPS) is 18.2. The molecule has 1 aliphatic heterocycles. The second-order valence-corrected chi connectivity index (χ2v) is 6.24. The van der Waals surface area contributed by atoms with Crippen molar-refractivity contribution < 1.29 is 19.7 Å². The van der Waals surface area contributed by atoms with E-state index in [4.69, 9.17) is 4.74 Å². The summed E-state index contributed by atoms with van der Waals surface area (Å²) in [6, 6.07) is 12.8. The minimum atomic E-state index is -1.01. The highest BCUT2D eigenvalue weighted by Gasteiger charge is 2.36. The Hall–Kier alpha value is -2.60. The van der Waals surface area contributed by atoms with Crippen LogP contribution in [0, 0.1) is 6.92 Å². The Balaban J connectivity index is 1.82. The van der Waals surface area contributed by atoms with Crippen molar-refractivity contribution in [2.45, 2.75) is 38.5 Å². The maximum absolute atomic E-state index is 11.4. The Labute approximate surface area is 146 Å². The van der Waals surface area contributed by atoms with Crippen LogP contribution in [0.5, 0.6) is 5.75 Å². The van der Waals surface area contributed by atoms with Crippen molar-refractivity contribution in [3.05, 3.63) is 59.4 Å². The minimum absolute atomic E-state index is 0.360. The molecule has 1 amide bonds. The summed E-state index contributed by atoms with van der Waals surface area (Å²) in [6.45, 7) is 2.63. The van der Waals surface area contributed by atoms with Gasteiger partial charge in [-0.2, -0.15) is 0 Å². The molecule has 2 N–H and O–H groups in total. The first kappa shape index (κ1) is 17.2. The van der Waals surface area contributed by atoms with E-state index in [1.165, 1.54) is 4.90 Å². The van der Waals surface area contributed by atoms with Crippen LogP contribution in [0.3, 0.4) is 0 Å². The van der Waals surface area contributed by atoms with E-state index in [0.29, 0.717) is 31.0 Å². The molecule has 0 spiro atoms. The number of likely N-dealkylation sites (tertiary alicyclic amines) is 1. The number of benzene rings is 1. The van der Waals surface area contributed by atoms with E-state index in [2.05, 4.69) is 4.98 Å². The third-order valence-corrected chi connectivity index (χ3v) is 4.45. The van der Waals surface area contributed by atoms with E-state index >= 15 is 0 Å². The Kier molecular flexibility index (Phi) is 5.19. The zero-order valence-corrected chi connectivity index (χ0v) is 14.1. The number of aromatic nitrogens is 1. The Morgan fingerprint density at radius 2 is 2.08 bits per heavy atom. The van der Waals surface area contributed by atoms with Gasteiger partial charge in [0.05, 0.1) is 6.04 Å². The van der Waals surface area contributed by atoms with Crippen LogP contribution in [0.2, 0.25) is 0 Å². The van der Waals surface area contributed by atoms with Crippen molar-refractivity contribution in [1.29, 1.82) is 0 Å². The molecule has 6 nitrogen and oxygen atoms in total. The first-order valence-corrected chi connectivity index (χ1v) is 8.38. The fourth-order valence-electron chi connectivity index (χ4n) is 3.17. The number of ether oxygens (including phenoxy) is 1. The number of carboxylic acid groups (broad SMARTS) is 1. The number of hydrogen-bond acceptors (Lipinski definition) is 4. The summed E-state index contributed by atoms with van der Waals surface area (Å²) in [5.41, 5.74) is 2.16. The van der Waals surface area contributed by atoms with Crippen LogP contribution >= 0.6 is 0 Å². The molecule has 2 unspecified atom stereocenters. The first-order valence-electron chi connectivity index (χ1n) is 8.38. The molecule has 25 heavy (non-hydrogen) atoms. The molecule has 0 aliphatic carbocycles. The van der Waals surface area contributed by atoms with Crippen molar-refractivity contribution in [2.75, 3.05) is 6.54 Å². The molecule has 2 atom stereocenters. The lowest BCUT2D eigenvalue weighted by Gasteiger charge is -2.27. The van der Waals surface area contributed by atoms with Gasteiger partial charge >= 0.3 is 6.09 Å². The number of carbonyl (C=O) groups is 1. The fourth-order valence-corrected chi connectivity index (χ4v) is 3.17. The van der Waals surface area contributed by atoms with Gasteiger partial charge in [0.25, 0.3) is 0 Å². The third kappa shape index (κ3) is 3.91. The lowest BCUT2D eigenvalue weighted by Crippen LogP contribution is -2.38. The SMILES string of the molecule is Cc1ccc(OCc2ccccc2)c(C(O)C2CCCN2C(=O)O)n1. The van der Waals surface area contributed by atoms with Gasteiger partial charge in [-0.05, 0) is 37.5 Å². The van der Waals surface area contributed by atoms with Crippen molar-refractivity contribution >= 4 is 6.09 Å². The highest BCUT2D eigenvalue weighted by molar-refractivity contribution is 5.66. The quantitative estimate of drug-likeness (QED) is 0.872. The number of aryl methyl sites for hydroxylation is 1. The summed E-state index contributed by atoms with van der Waals surface area (Å²) >= 11 is 0.